The molecule has 9 heteroatoms. The first kappa shape index (κ1) is 17.5. The van der Waals surface area contributed by atoms with Crippen molar-refractivity contribution in [2.75, 3.05) is 7.05 Å². The first-order chi connectivity index (χ1) is 12.6. The minimum atomic E-state index is -4.58. The fourth-order valence-corrected chi connectivity index (χ4v) is 4.64. The first-order valence-electron chi connectivity index (χ1n) is 7.75. The van der Waals surface area contributed by atoms with Gasteiger partial charge in [-0.15, -0.1) is 0 Å². The SMILES string of the molecule is CN=C1C(=O)c2cccc3c2C(=C1c1cccc(C(F)(F)F)c1)NS3(=O)=O. The van der Waals surface area contributed by atoms with E-state index in [4.69, 9.17) is 0 Å². The molecule has 2 aliphatic rings. The van der Waals surface area contributed by atoms with E-state index in [0.29, 0.717) is 0 Å². The molecule has 1 heterocycles. The molecular weight excluding hydrogens is 381 g/mol. The Bertz CT molecular complexity index is 1180. The number of carbonyl (C=O) groups excluding carboxylic acids is 1. The van der Waals surface area contributed by atoms with Crippen LogP contribution in [0.2, 0.25) is 0 Å². The molecule has 0 atom stereocenters. The molecule has 1 N–H and O–H groups in total. The van der Waals surface area contributed by atoms with Gasteiger partial charge in [0.15, 0.2) is 0 Å². The van der Waals surface area contributed by atoms with Crippen LogP contribution in [0.1, 0.15) is 27.0 Å². The quantitative estimate of drug-likeness (QED) is 0.810. The third-order valence-electron chi connectivity index (χ3n) is 4.45. The number of nitrogens with one attached hydrogen (secondary N) is 1. The Hall–Kier alpha value is -2.94. The molecule has 2 aromatic rings. The molecule has 0 unspecified atom stereocenters. The van der Waals surface area contributed by atoms with Gasteiger partial charge in [-0.3, -0.25) is 14.5 Å². The summed E-state index contributed by atoms with van der Waals surface area (Å²) in [7, 11) is -2.59. The number of sulfonamides is 1. The van der Waals surface area contributed by atoms with Gasteiger partial charge in [-0.2, -0.15) is 13.2 Å². The van der Waals surface area contributed by atoms with Crippen LogP contribution in [0.15, 0.2) is 52.4 Å². The van der Waals surface area contributed by atoms with Gasteiger partial charge >= 0.3 is 6.18 Å². The van der Waals surface area contributed by atoms with Crippen LogP contribution in [-0.2, 0) is 16.2 Å². The molecule has 0 fully saturated rings. The lowest BCUT2D eigenvalue weighted by atomic mass is 9.83. The summed E-state index contributed by atoms with van der Waals surface area (Å²) in [5.41, 5.74) is -0.530. The van der Waals surface area contributed by atoms with Crippen LogP contribution in [-0.4, -0.2) is 27.0 Å². The highest BCUT2D eigenvalue weighted by Gasteiger charge is 2.42. The minimum Gasteiger partial charge on any atom is -0.287 e. The van der Waals surface area contributed by atoms with E-state index in [9.17, 15) is 26.4 Å². The topological polar surface area (TPSA) is 75.6 Å². The van der Waals surface area contributed by atoms with Crippen molar-refractivity contribution >= 4 is 32.8 Å². The number of aliphatic imine (C=N–C) groups is 1. The van der Waals surface area contributed by atoms with Crippen molar-refractivity contribution in [1.29, 1.82) is 0 Å². The Morgan fingerprint density at radius 3 is 2.44 bits per heavy atom. The lowest BCUT2D eigenvalue weighted by molar-refractivity contribution is -0.137. The number of hydrogen-bond acceptors (Lipinski definition) is 4. The fraction of sp³-hybridized carbons (Fsp3) is 0.111. The van der Waals surface area contributed by atoms with E-state index in [2.05, 4.69) is 9.71 Å². The molecule has 27 heavy (non-hydrogen) atoms. The summed E-state index contributed by atoms with van der Waals surface area (Å²) in [6, 6.07) is 8.62. The summed E-state index contributed by atoms with van der Waals surface area (Å²) in [5.74, 6) is -0.538. The number of hydrogen-bond donors (Lipinski definition) is 1. The van der Waals surface area contributed by atoms with E-state index in [1.165, 1.54) is 37.4 Å². The average molecular weight is 392 g/mol. The molecule has 1 aliphatic heterocycles. The van der Waals surface area contributed by atoms with Gasteiger partial charge in [0.1, 0.15) is 5.71 Å². The van der Waals surface area contributed by atoms with E-state index in [1.807, 2.05) is 0 Å². The van der Waals surface area contributed by atoms with Crippen molar-refractivity contribution in [2.45, 2.75) is 11.1 Å². The van der Waals surface area contributed by atoms with E-state index in [-0.39, 0.29) is 38.6 Å². The van der Waals surface area contributed by atoms with Gasteiger partial charge in [0.25, 0.3) is 10.0 Å². The Labute approximate surface area is 152 Å². The van der Waals surface area contributed by atoms with Gasteiger partial charge in [-0.05, 0) is 23.8 Å². The monoisotopic (exact) mass is 392 g/mol. The zero-order valence-corrected chi connectivity index (χ0v) is 14.6. The summed E-state index contributed by atoms with van der Waals surface area (Å²) in [6.07, 6.45) is -4.58. The van der Waals surface area contributed by atoms with Crippen molar-refractivity contribution in [1.82, 2.24) is 4.72 Å². The second-order valence-corrected chi connectivity index (χ2v) is 7.66. The van der Waals surface area contributed by atoms with Gasteiger partial charge in [0.05, 0.1) is 16.2 Å². The highest BCUT2D eigenvalue weighted by molar-refractivity contribution is 7.90. The van der Waals surface area contributed by atoms with Crippen LogP contribution in [0, 0.1) is 0 Å². The highest BCUT2D eigenvalue weighted by atomic mass is 32.2. The first-order valence-corrected chi connectivity index (χ1v) is 9.23. The molecule has 0 saturated heterocycles. The van der Waals surface area contributed by atoms with Crippen LogP contribution in [0.5, 0.6) is 0 Å². The summed E-state index contributed by atoms with van der Waals surface area (Å²) < 4.78 is 66.6. The maximum atomic E-state index is 13.1. The average Bonchev–Trinajstić information content (AvgIpc) is 2.89. The van der Waals surface area contributed by atoms with Gasteiger partial charge in [-0.1, -0.05) is 24.3 Å². The van der Waals surface area contributed by atoms with Crippen molar-refractivity contribution in [3.63, 3.8) is 0 Å². The fourth-order valence-electron chi connectivity index (χ4n) is 3.32. The number of allylic oxidation sites excluding steroid dienone is 1. The largest absolute Gasteiger partial charge is 0.416 e. The Kier molecular flexibility index (Phi) is 3.58. The number of halogens is 3. The van der Waals surface area contributed by atoms with Crippen LogP contribution >= 0.6 is 0 Å². The number of carbonyl (C=O) groups is 1. The number of ketones is 1. The summed E-state index contributed by atoms with van der Waals surface area (Å²) in [6.45, 7) is 0. The molecular formula is C18H11F3N2O3S. The van der Waals surface area contributed by atoms with Crippen LogP contribution < -0.4 is 4.72 Å². The predicted octanol–water partition coefficient (Wildman–Crippen LogP) is 3.13. The molecule has 0 bridgehead atoms. The van der Waals surface area contributed by atoms with Gasteiger partial charge in [0, 0.05) is 23.7 Å². The Morgan fingerprint density at radius 1 is 1.07 bits per heavy atom. The Balaban J connectivity index is 2.09. The third kappa shape index (κ3) is 2.49. The van der Waals surface area contributed by atoms with E-state index in [0.717, 1.165) is 12.1 Å². The summed E-state index contributed by atoms with van der Waals surface area (Å²) >= 11 is 0. The lowest BCUT2D eigenvalue weighted by Crippen LogP contribution is -2.26. The van der Waals surface area contributed by atoms with Crippen molar-refractivity contribution < 1.29 is 26.4 Å². The van der Waals surface area contributed by atoms with Crippen molar-refractivity contribution in [3.8, 4) is 0 Å². The predicted molar refractivity (Wildman–Crippen MR) is 92.7 cm³/mol. The number of nitrogens with zero attached hydrogens (tertiary/aromatic N) is 1. The smallest absolute Gasteiger partial charge is 0.287 e. The van der Waals surface area contributed by atoms with Gasteiger partial charge in [0.2, 0.25) is 5.78 Å². The highest BCUT2D eigenvalue weighted by Crippen LogP contribution is 2.42. The maximum Gasteiger partial charge on any atom is 0.416 e. The summed E-state index contributed by atoms with van der Waals surface area (Å²) in [4.78, 5) is 16.7. The van der Waals surface area contributed by atoms with Crippen LogP contribution in [0.25, 0.3) is 11.3 Å². The second kappa shape index (κ2) is 5.53. The molecule has 4 rings (SSSR count). The molecule has 0 radical (unpaired) electrons. The van der Waals surface area contributed by atoms with Crippen LogP contribution in [0.4, 0.5) is 13.2 Å². The number of Topliss-reactive ketones (excluding diaryl/α,β-unsaturated/α-hetero) is 1. The molecule has 5 nitrogen and oxygen atoms in total. The molecule has 0 spiro atoms. The Morgan fingerprint density at radius 2 is 1.78 bits per heavy atom. The van der Waals surface area contributed by atoms with E-state index >= 15 is 0 Å². The summed E-state index contributed by atoms with van der Waals surface area (Å²) in [5, 5.41) is 0. The molecule has 2 aromatic carbocycles. The van der Waals surface area contributed by atoms with Gasteiger partial charge < -0.3 is 0 Å². The maximum absolute atomic E-state index is 13.1. The van der Waals surface area contributed by atoms with Crippen molar-refractivity contribution in [3.05, 3.63) is 64.7 Å². The third-order valence-corrected chi connectivity index (χ3v) is 5.84. The number of benzene rings is 2. The lowest BCUT2D eigenvalue weighted by Gasteiger charge is -2.21. The second-order valence-electron chi connectivity index (χ2n) is 6.01. The molecule has 138 valence electrons. The molecule has 0 saturated carbocycles. The minimum absolute atomic E-state index is 0.0367. The molecule has 0 amide bonds. The molecule has 0 aromatic heterocycles. The zero-order chi connectivity index (χ0) is 19.6. The standard InChI is InChI=1S/C18H11F3N2O3S/c1-22-16-13(9-4-2-5-10(8-9)18(19,20)21)15-14-11(17(16)24)6-3-7-12(14)27(25,26)23-15/h2-8,23H,1H3. The number of alkyl halides is 3. The molecule has 1 aliphatic carbocycles. The van der Waals surface area contributed by atoms with E-state index in [1.54, 1.807) is 0 Å². The normalized spacial score (nSPS) is 19.3. The van der Waals surface area contributed by atoms with E-state index < -0.39 is 27.5 Å². The van der Waals surface area contributed by atoms with Crippen LogP contribution in [0.3, 0.4) is 0 Å². The number of rotatable bonds is 1. The zero-order valence-electron chi connectivity index (χ0n) is 13.8. The van der Waals surface area contributed by atoms with Gasteiger partial charge in [-0.25, -0.2) is 8.42 Å². The van der Waals surface area contributed by atoms with Crippen molar-refractivity contribution in [2.24, 2.45) is 4.99 Å².